The number of rotatable bonds is 0. The number of allylic oxidation sites excluding steroid dienone is 3. The van der Waals surface area contributed by atoms with Crippen molar-refractivity contribution in [3.63, 3.8) is 0 Å². The van der Waals surface area contributed by atoms with E-state index in [4.69, 9.17) is 0 Å². The van der Waals surface area contributed by atoms with Crippen LogP contribution in [0.5, 0.6) is 0 Å². The highest BCUT2D eigenvalue weighted by Crippen LogP contribution is 1.68. The molecule has 44 valence electrons. The van der Waals surface area contributed by atoms with Crippen molar-refractivity contribution in [2.75, 3.05) is 0 Å². The van der Waals surface area contributed by atoms with Gasteiger partial charge in [0.25, 0.3) is 0 Å². The number of hydrogen-bond donors (Lipinski definition) is 2. The van der Waals surface area contributed by atoms with Crippen LogP contribution in [0.3, 0.4) is 0 Å². The van der Waals surface area contributed by atoms with Crippen LogP contribution in [-0.2, 0) is 0 Å². The minimum absolute atomic E-state index is 0. The monoisotopic (exact) mass is 130 g/mol. The molecule has 0 fully saturated rings. The second-order valence-corrected chi connectivity index (χ2v) is 1.20. The van der Waals surface area contributed by atoms with E-state index >= 15 is 0 Å². The molecule has 0 saturated heterocycles. The Labute approximate surface area is 54.4 Å². The molecule has 0 bridgehead atoms. The molecular formula is C5H7ClN2. The van der Waals surface area contributed by atoms with Gasteiger partial charge in [-0.05, 0) is 6.08 Å². The predicted molar refractivity (Wildman–Crippen MR) is 28.4 cm³/mol. The van der Waals surface area contributed by atoms with Gasteiger partial charge in [0.2, 0.25) is 0 Å². The van der Waals surface area contributed by atoms with Gasteiger partial charge in [-0.3, -0.25) is 0 Å². The van der Waals surface area contributed by atoms with Gasteiger partial charge in [-0.1, -0.05) is 6.08 Å². The Bertz CT molecular complexity index is 112. The minimum atomic E-state index is 0. The van der Waals surface area contributed by atoms with Crippen molar-refractivity contribution < 1.29 is 17.5 Å². The Hall–Kier alpha value is -0.760. The van der Waals surface area contributed by atoms with E-state index in [1.807, 2.05) is 30.6 Å². The average Bonchev–Trinajstić information content (AvgIpc) is 1.90. The van der Waals surface area contributed by atoms with Gasteiger partial charge in [0.15, 0.2) is 6.21 Å². The Kier molecular flexibility index (Phi) is 3.98. The number of hydrazone groups is 1. The third kappa shape index (κ3) is 2.42. The molecule has 2 N–H and O–H groups in total. The van der Waals surface area contributed by atoms with Crippen molar-refractivity contribution in [1.29, 1.82) is 0 Å². The molecule has 0 aromatic rings. The number of hydrogen-bond acceptors (Lipinski definition) is 1. The van der Waals surface area contributed by atoms with Crippen molar-refractivity contribution >= 4 is 6.21 Å². The first-order chi connectivity index (χ1) is 3.50. The molecule has 0 unspecified atom stereocenters. The molecule has 0 amide bonds. The Morgan fingerprint density at radius 2 is 2.00 bits per heavy atom. The van der Waals surface area contributed by atoms with Crippen LogP contribution in [0.25, 0.3) is 0 Å². The summed E-state index contributed by atoms with van der Waals surface area (Å²) in [4.78, 5) is 0. The zero-order valence-electron chi connectivity index (χ0n) is 4.26. The molecule has 1 heterocycles. The van der Waals surface area contributed by atoms with E-state index in [-0.39, 0.29) is 12.4 Å². The van der Waals surface area contributed by atoms with E-state index < -0.39 is 0 Å². The maximum Gasteiger partial charge on any atom is 0.191 e. The largest absolute Gasteiger partial charge is 1.00 e. The summed E-state index contributed by atoms with van der Waals surface area (Å²) in [5.74, 6) is 0. The SMILES string of the molecule is C1=CC=[NH+]NC=C1.[Cl-]. The molecule has 1 rings (SSSR count). The van der Waals surface area contributed by atoms with Gasteiger partial charge < -0.3 is 12.4 Å². The summed E-state index contributed by atoms with van der Waals surface area (Å²) >= 11 is 0. The highest BCUT2D eigenvalue weighted by Gasteiger charge is 1.74. The highest BCUT2D eigenvalue weighted by molar-refractivity contribution is 5.65. The number of halogens is 1. The van der Waals surface area contributed by atoms with Crippen LogP contribution < -0.4 is 22.9 Å². The molecule has 8 heavy (non-hydrogen) atoms. The molecular weight excluding hydrogens is 124 g/mol. The van der Waals surface area contributed by atoms with E-state index in [0.717, 1.165) is 0 Å². The van der Waals surface area contributed by atoms with E-state index in [1.165, 1.54) is 0 Å². The summed E-state index contributed by atoms with van der Waals surface area (Å²) in [6.45, 7) is 0. The second kappa shape index (κ2) is 4.40. The van der Waals surface area contributed by atoms with E-state index in [1.54, 1.807) is 0 Å². The molecule has 1 aliphatic rings. The quantitative estimate of drug-likeness (QED) is 0.341. The van der Waals surface area contributed by atoms with Crippen molar-refractivity contribution in [2.45, 2.75) is 0 Å². The van der Waals surface area contributed by atoms with E-state index in [2.05, 4.69) is 10.5 Å². The molecule has 0 spiro atoms. The molecule has 0 aromatic heterocycles. The van der Waals surface area contributed by atoms with Crippen molar-refractivity contribution in [2.24, 2.45) is 0 Å². The Morgan fingerprint density at radius 3 is 2.88 bits per heavy atom. The first-order valence-electron chi connectivity index (χ1n) is 2.16. The lowest BCUT2D eigenvalue weighted by Crippen LogP contribution is -3.00. The normalized spacial score (nSPS) is 14.0. The fourth-order valence-corrected chi connectivity index (χ4v) is 0.368. The van der Waals surface area contributed by atoms with Crippen LogP contribution in [0, 0.1) is 0 Å². The van der Waals surface area contributed by atoms with E-state index in [0.29, 0.717) is 0 Å². The van der Waals surface area contributed by atoms with Gasteiger partial charge in [0.05, 0.1) is 6.20 Å². The molecule has 1 aliphatic heterocycles. The van der Waals surface area contributed by atoms with Crippen LogP contribution in [0.1, 0.15) is 0 Å². The smallest absolute Gasteiger partial charge is 0.191 e. The Morgan fingerprint density at radius 1 is 1.12 bits per heavy atom. The van der Waals surface area contributed by atoms with Crippen molar-refractivity contribution in [3.05, 3.63) is 24.4 Å². The molecule has 0 aromatic carbocycles. The van der Waals surface area contributed by atoms with Crippen molar-refractivity contribution in [3.8, 4) is 0 Å². The third-order valence-corrected chi connectivity index (χ3v) is 0.665. The maximum atomic E-state index is 2.80. The molecule has 0 saturated carbocycles. The summed E-state index contributed by atoms with van der Waals surface area (Å²) in [7, 11) is 0. The summed E-state index contributed by atoms with van der Waals surface area (Å²) in [6.07, 6.45) is 9.40. The molecule has 0 atom stereocenters. The summed E-state index contributed by atoms with van der Waals surface area (Å²) in [5.41, 5.74) is 2.80. The summed E-state index contributed by atoms with van der Waals surface area (Å²) in [5, 5.41) is 2.80. The minimum Gasteiger partial charge on any atom is -1.00 e. The Balaban J connectivity index is 0.000000490. The molecule has 2 nitrogen and oxygen atoms in total. The van der Waals surface area contributed by atoms with Gasteiger partial charge in [-0.25, -0.2) is 0 Å². The molecule has 0 aliphatic carbocycles. The lowest BCUT2D eigenvalue weighted by atomic mass is 10.5. The van der Waals surface area contributed by atoms with Gasteiger partial charge in [0, 0.05) is 6.08 Å². The molecule has 0 radical (unpaired) electrons. The fourth-order valence-electron chi connectivity index (χ4n) is 0.368. The van der Waals surface area contributed by atoms with Crippen LogP contribution in [0.2, 0.25) is 0 Å². The van der Waals surface area contributed by atoms with Gasteiger partial charge in [-0.15, -0.1) is 5.10 Å². The predicted octanol–water partition coefficient (Wildman–Crippen LogP) is -4.27. The highest BCUT2D eigenvalue weighted by atomic mass is 35.5. The first-order valence-corrected chi connectivity index (χ1v) is 2.16. The third-order valence-electron chi connectivity index (χ3n) is 0.665. The summed E-state index contributed by atoms with van der Waals surface area (Å²) in [6, 6.07) is 0. The van der Waals surface area contributed by atoms with Crippen LogP contribution in [0.15, 0.2) is 24.4 Å². The lowest BCUT2D eigenvalue weighted by molar-refractivity contribution is -0.507. The fraction of sp³-hybridized carbons (Fsp3) is 0. The lowest BCUT2D eigenvalue weighted by Gasteiger charge is -1.71. The average molecular weight is 131 g/mol. The number of nitrogens with one attached hydrogen (secondary N) is 2. The van der Waals surface area contributed by atoms with Crippen LogP contribution in [-0.4, -0.2) is 6.21 Å². The zero-order valence-corrected chi connectivity index (χ0v) is 5.02. The zero-order chi connectivity index (χ0) is 4.95. The van der Waals surface area contributed by atoms with Gasteiger partial charge >= 0.3 is 0 Å². The summed E-state index contributed by atoms with van der Waals surface area (Å²) < 4.78 is 0. The van der Waals surface area contributed by atoms with E-state index in [9.17, 15) is 0 Å². The van der Waals surface area contributed by atoms with Crippen LogP contribution >= 0.6 is 0 Å². The number of hydrazine groups is 1. The second-order valence-electron chi connectivity index (χ2n) is 1.20. The first kappa shape index (κ1) is 7.24. The standard InChI is InChI=1S/C5H6N2.ClH/c1-2-4-6-7-5-3-1;/h1-6H;1H. The van der Waals surface area contributed by atoms with Crippen molar-refractivity contribution in [1.82, 2.24) is 5.43 Å². The molecule has 3 heteroatoms. The van der Waals surface area contributed by atoms with Gasteiger partial charge in [-0.2, -0.15) is 5.43 Å². The maximum absolute atomic E-state index is 2.80. The topological polar surface area (TPSA) is 26.0 Å². The van der Waals surface area contributed by atoms with Crippen LogP contribution in [0.4, 0.5) is 0 Å². The van der Waals surface area contributed by atoms with Gasteiger partial charge in [0.1, 0.15) is 0 Å².